The first-order valence-electron chi connectivity index (χ1n) is 3.23. The Kier molecular flexibility index (Phi) is 2.20. The van der Waals surface area contributed by atoms with Gasteiger partial charge in [-0.15, -0.1) is 0 Å². The van der Waals surface area contributed by atoms with Gasteiger partial charge in [0.15, 0.2) is 0 Å². The van der Waals surface area contributed by atoms with Crippen LogP contribution in [0.15, 0.2) is 24.9 Å². The van der Waals surface area contributed by atoms with Gasteiger partial charge in [-0.3, -0.25) is 0 Å². The molecule has 0 saturated heterocycles. The van der Waals surface area contributed by atoms with Gasteiger partial charge in [0.25, 0.3) is 0 Å². The molecule has 2 N–H and O–H groups in total. The molecule has 0 aliphatic rings. The molecule has 0 bridgehead atoms. The van der Waals surface area contributed by atoms with E-state index in [-0.39, 0.29) is 5.82 Å². The summed E-state index contributed by atoms with van der Waals surface area (Å²) in [4.78, 5) is 9.61. The van der Waals surface area contributed by atoms with Crippen molar-refractivity contribution in [2.24, 2.45) is 5.73 Å². The Morgan fingerprint density at radius 3 is 3.00 bits per heavy atom. The number of nitrogens with zero attached hydrogens (tertiary/aromatic N) is 3. The van der Waals surface area contributed by atoms with Crippen LogP contribution in [0.1, 0.15) is 6.17 Å². The van der Waals surface area contributed by atoms with E-state index >= 15 is 0 Å². The van der Waals surface area contributed by atoms with Crippen molar-refractivity contribution in [3.63, 3.8) is 0 Å². The molecule has 1 heterocycles. The lowest BCUT2D eigenvalue weighted by atomic mass is 10.5. The van der Waals surface area contributed by atoms with Gasteiger partial charge in [-0.1, -0.05) is 12.7 Å². The molecule has 0 amide bonds. The van der Waals surface area contributed by atoms with E-state index in [1.165, 1.54) is 23.0 Å². The fourth-order valence-electron chi connectivity index (χ4n) is 0.699. The summed E-state index contributed by atoms with van der Waals surface area (Å²) >= 11 is 0. The largest absolute Gasteiger partial charge is 0.390 e. The van der Waals surface area contributed by atoms with E-state index in [4.69, 9.17) is 5.73 Å². The quantitative estimate of drug-likeness (QED) is 0.403. The second kappa shape index (κ2) is 3.14. The molecule has 0 aliphatic carbocycles. The highest BCUT2D eigenvalue weighted by Gasteiger charge is 2.12. The van der Waals surface area contributed by atoms with Gasteiger partial charge in [-0.25, -0.2) is 0 Å². The summed E-state index contributed by atoms with van der Waals surface area (Å²) in [6.45, 7) is 3.44. The van der Waals surface area contributed by atoms with Crippen LogP contribution in [0.2, 0.25) is 0 Å². The van der Waals surface area contributed by atoms with Gasteiger partial charge in [0.05, 0.1) is 17.4 Å². The van der Waals surface area contributed by atoms with Crippen LogP contribution in [-0.4, -0.2) is 14.7 Å². The average Bonchev–Trinajstić information content (AvgIpc) is 2.51. The third kappa shape index (κ3) is 1.48. The van der Waals surface area contributed by atoms with Crippen molar-refractivity contribution in [3.8, 4) is 0 Å². The van der Waals surface area contributed by atoms with Gasteiger partial charge in [0.2, 0.25) is 0 Å². The van der Waals surface area contributed by atoms with Crippen molar-refractivity contribution in [1.29, 1.82) is 0 Å². The molecule has 6 heteroatoms. The molecule has 1 aromatic rings. The van der Waals surface area contributed by atoms with Crippen LogP contribution in [0.3, 0.4) is 0 Å². The van der Waals surface area contributed by atoms with Crippen LogP contribution >= 0.6 is 0 Å². The molecule has 0 saturated carbocycles. The molecule has 1 aromatic heterocycles. The van der Waals surface area contributed by atoms with Crippen molar-refractivity contribution in [2.75, 3.05) is 0 Å². The molecule has 1 rings (SSSR count). The summed E-state index contributed by atoms with van der Waals surface area (Å²) in [6.07, 6.45) is 2.36. The maximum absolute atomic E-state index is 10.2. The Morgan fingerprint density at radius 2 is 2.58 bits per heavy atom. The summed E-state index contributed by atoms with van der Waals surface area (Å²) in [5.41, 5.74) is 5.47. The maximum Gasteiger partial charge on any atom is 0.390 e. The summed E-state index contributed by atoms with van der Waals surface area (Å²) in [7, 11) is 0. The molecular formula is C6H8N4O2. The lowest BCUT2D eigenvalue weighted by Gasteiger charge is -1.99. The number of hydrogen-bond acceptors (Lipinski definition) is 4. The molecule has 0 aliphatic heterocycles. The Balaban J connectivity index is 2.91. The molecule has 6 nitrogen and oxygen atoms in total. The van der Waals surface area contributed by atoms with E-state index < -0.39 is 11.1 Å². The van der Waals surface area contributed by atoms with Crippen molar-refractivity contribution in [2.45, 2.75) is 6.17 Å². The zero-order chi connectivity index (χ0) is 9.14. The van der Waals surface area contributed by atoms with Gasteiger partial charge in [0, 0.05) is 0 Å². The normalized spacial score (nSPS) is 12.4. The monoisotopic (exact) mass is 168 g/mol. The molecule has 0 radical (unpaired) electrons. The fraction of sp³-hybridized carbons (Fsp3) is 0.167. The van der Waals surface area contributed by atoms with Crippen molar-refractivity contribution in [3.05, 3.63) is 35.0 Å². The predicted octanol–water partition coefficient (Wildman–Crippen LogP) is 0.435. The Labute approximate surface area is 68.4 Å². The van der Waals surface area contributed by atoms with E-state index in [0.717, 1.165) is 0 Å². The van der Waals surface area contributed by atoms with E-state index in [1.54, 1.807) is 0 Å². The van der Waals surface area contributed by atoms with E-state index in [1.807, 2.05) is 0 Å². The summed E-state index contributed by atoms with van der Waals surface area (Å²) in [5, 5.41) is 13.8. The lowest BCUT2D eigenvalue weighted by molar-refractivity contribution is -0.389. The molecule has 0 fully saturated rings. The van der Waals surface area contributed by atoms with Gasteiger partial charge >= 0.3 is 5.82 Å². The third-order valence-electron chi connectivity index (χ3n) is 1.33. The highest BCUT2D eigenvalue weighted by atomic mass is 16.6. The van der Waals surface area contributed by atoms with Crippen LogP contribution in [0, 0.1) is 10.1 Å². The molecule has 64 valence electrons. The summed E-state index contributed by atoms with van der Waals surface area (Å²) in [5.74, 6) is -0.215. The van der Waals surface area contributed by atoms with Gasteiger partial charge in [0.1, 0.15) is 6.17 Å². The molecule has 1 unspecified atom stereocenters. The highest BCUT2D eigenvalue weighted by Crippen LogP contribution is 2.07. The Morgan fingerprint density at radius 1 is 1.92 bits per heavy atom. The minimum absolute atomic E-state index is 0.215. The van der Waals surface area contributed by atoms with Gasteiger partial charge in [-0.05, 0) is 4.92 Å². The first-order valence-corrected chi connectivity index (χ1v) is 3.23. The number of nitrogens with two attached hydrogens (primary N) is 1. The van der Waals surface area contributed by atoms with Crippen LogP contribution in [0.5, 0.6) is 0 Å². The number of hydrogen-bond donors (Lipinski definition) is 1. The number of aromatic nitrogens is 2. The summed E-state index contributed by atoms with van der Waals surface area (Å²) in [6, 6.07) is 1.28. The minimum atomic E-state index is -0.577. The number of rotatable bonds is 3. The Hall–Kier alpha value is -1.69. The number of nitro groups is 1. The topological polar surface area (TPSA) is 87.0 Å². The second-order valence-corrected chi connectivity index (χ2v) is 2.14. The van der Waals surface area contributed by atoms with Gasteiger partial charge in [-0.2, -0.15) is 4.68 Å². The van der Waals surface area contributed by atoms with Crippen LogP contribution < -0.4 is 5.73 Å². The molecule has 1 atom stereocenters. The lowest BCUT2D eigenvalue weighted by Crippen LogP contribution is -2.16. The molecule has 0 aromatic carbocycles. The Bertz CT molecular complexity index is 306. The average molecular weight is 168 g/mol. The molecule has 12 heavy (non-hydrogen) atoms. The summed E-state index contributed by atoms with van der Waals surface area (Å²) < 4.78 is 1.27. The predicted molar refractivity (Wildman–Crippen MR) is 42.3 cm³/mol. The SMILES string of the molecule is C=CC(N)n1ccc([N+](=O)[O-])n1. The zero-order valence-corrected chi connectivity index (χ0v) is 6.25. The van der Waals surface area contributed by atoms with Crippen molar-refractivity contribution < 1.29 is 4.92 Å². The zero-order valence-electron chi connectivity index (χ0n) is 6.25. The molecular weight excluding hydrogens is 160 g/mol. The smallest absolute Gasteiger partial charge is 0.358 e. The van der Waals surface area contributed by atoms with Crippen molar-refractivity contribution >= 4 is 5.82 Å². The van der Waals surface area contributed by atoms with Crippen LogP contribution in [-0.2, 0) is 0 Å². The van der Waals surface area contributed by atoms with Crippen molar-refractivity contribution in [1.82, 2.24) is 9.78 Å². The highest BCUT2D eigenvalue weighted by molar-refractivity contribution is 5.14. The van der Waals surface area contributed by atoms with Gasteiger partial charge < -0.3 is 15.8 Å². The molecule has 0 spiro atoms. The van der Waals surface area contributed by atoms with Crippen LogP contribution in [0.4, 0.5) is 5.82 Å². The maximum atomic E-state index is 10.2. The second-order valence-electron chi connectivity index (χ2n) is 2.14. The fourth-order valence-corrected chi connectivity index (χ4v) is 0.699. The van der Waals surface area contributed by atoms with E-state index in [9.17, 15) is 10.1 Å². The van der Waals surface area contributed by atoms with E-state index in [0.29, 0.717) is 0 Å². The third-order valence-corrected chi connectivity index (χ3v) is 1.33. The van der Waals surface area contributed by atoms with E-state index in [2.05, 4.69) is 11.7 Å². The standard InChI is InChI=1S/C6H8N4O2/c1-2-5(7)9-4-3-6(8-9)10(11)12/h2-5H,1,7H2. The minimum Gasteiger partial charge on any atom is -0.358 e. The first-order chi connectivity index (χ1) is 5.65. The van der Waals surface area contributed by atoms with Crippen LogP contribution in [0.25, 0.3) is 0 Å². The first kappa shape index (κ1) is 8.41.